The van der Waals surface area contributed by atoms with E-state index in [9.17, 15) is 9.18 Å². The van der Waals surface area contributed by atoms with Gasteiger partial charge in [0.2, 0.25) is 5.95 Å². The van der Waals surface area contributed by atoms with Gasteiger partial charge in [-0.25, -0.2) is 4.98 Å². The Morgan fingerprint density at radius 1 is 1.21 bits per heavy atom. The highest BCUT2D eigenvalue weighted by Gasteiger charge is 2.18. The number of nitrogens with one attached hydrogen (secondary N) is 1. The van der Waals surface area contributed by atoms with Crippen molar-refractivity contribution in [3.05, 3.63) is 65.9 Å². The maximum atomic E-state index is 13.1. The van der Waals surface area contributed by atoms with E-state index in [-0.39, 0.29) is 11.9 Å². The van der Waals surface area contributed by atoms with Crippen LogP contribution < -0.4 is 5.32 Å². The standard InChI is InChI=1S/C24H32FN3O/c1-3-5-10-19(16-20-13-14-23(25)27-18-20)17-22(26-15-6-4-2)24(29)28-21-11-8-7-9-12-21/h5-6,10,13-15,17-18,21H,3-4,7-9,11-12,16H2,1-2H3,(H,28,29)/b10-5+,15-6+,19-17+,26-22+. The van der Waals surface area contributed by atoms with E-state index < -0.39 is 5.95 Å². The van der Waals surface area contributed by atoms with E-state index in [2.05, 4.69) is 22.2 Å². The van der Waals surface area contributed by atoms with Gasteiger partial charge in [0.1, 0.15) is 5.71 Å². The normalized spacial score (nSPS) is 16.7. The van der Waals surface area contributed by atoms with Gasteiger partial charge in [0.05, 0.1) is 0 Å². The number of aromatic nitrogens is 1. The van der Waals surface area contributed by atoms with Gasteiger partial charge in [0, 0.05) is 18.4 Å². The maximum absolute atomic E-state index is 13.1. The van der Waals surface area contributed by atoms with Crippen LogP contribution in [0.4, 0.5) is 4.39 Å². The Hall–Kier alpha value is -2.56. The predicted octanol–water partition coefficient (Wildman–Crippen LogP) is 5.47. The second-order valence-electron chi connectivity index (χ2n) is 7.31. The molecule has 1 N–H and O–H groups in total. The topological polar surface area (TPSA) is 54.4 Å². The summed E-state index contributed by atoms with van der Waals surface area (Å²) < 4.78 is 13.1. The van der Waals surface area contributed by atoms with Gasteiger partial charge in [0.15, 0.2) is 0 Å². The van der Waals surface area contributed by atoms with Crippen LogP contribution in [0.3, 0.4) is 0 Å². The number of allylic oxidation sites excluding steroid dienone is 4. The van der Waals surface area contributed by atoms with Crippen molar-refractivity contribution in [2.24, 2.45) is 4.99 Å². The summed E-state index contributed by atoms with van der Waals surface area (Å²) in [6, 6.07) is 3.29. The minimum absolute atomic E-state index is 0.141. The van der Waals surface area contributed by atoms with Gasteiger partial charge in [-0.3, -0.25) is 9.79 Å². The predicted molar refractivity (Wildman–Crippen MR) is 117 cm³/mol. The number of hydrogen-bond donors (Lipinski definition) is 1. The van der Waals surface area contributed by atoms with Crippen molar-refractivity contribution in [1.29, 1.82) is 0 Å². The molecular formula is C24H32FN3O. The molecule has 0 aromatic carbocycles. The molecule has 0 radical (unpaired) electrons. The summed E-state index contributed by atoms with van der Waals surface area (Å²) in [5.74, 6) is -0.639. The van der Waals surface area contributed by atoms with E-state index >= 15 is 0 Å². The lowest BCUT2D eigenvalue weighted by Crippen LogP contribution is -2.39. The van der Waals surface area contributed by atoms with Gasteiger partial charge in [-0.2, -0.15) is 4.39 Å². The molecular weight excluding hydrogens is 365 g/mol. The summed E-state index contributed by atoms with van der Waals surface area (Å²) in [4.78, 5) is 21.1. The zero-order valence-corrected chi connectivity index (χ0v) is 17.5. The van der Waals surface area contributed by atoms with Gasteiger partial charge >= 0.3 is 0 Å². The average molecular weight is 398 g/mol. The van der Waals surface area contributed by atoms with E-state index in [0.29, 0.717) is 12.1 Å². The Balaban J connectivity index is 2.25. The van der Waals surface area contributed by atoms with Crippen molar-refractivity contribution in [3.63, 3.8) is 0 Å². The first kappa shape index (κ1) is 22.7. The molecule has 1 aliphatic rings. The smallest absolute Gasteiger partial charge is 0.270 e. The molecule has 156 valence electrons. The monoisotopic (exact) mass is 397 g/mol. The zero-order chi connectivity index (χ0) is 20.9. The summed E-state index contributed by atoms with van der Waals surface area (Å²) in [5, 5.41) is 3.14. The second-order valence-corrected chi connectivity index (χ2v) is 7.31. The van der Waals surface area contributed by atoms with Crippen LogP contribution in [0.1, 0.15) is 64.4 Å². The van der Waals surface area contributed by atoms with E-state index in [4.69, 9.17) is 0 Å². The molecule has 1 aliphatic carbocycles. The average Bonchev–Trinajstić information content (AvgIpc) is 2.73. The number of halogens is 1. The van der Waals surface area contributed by atoms with Crippen LogP contribution in [-0.2, 0) is 11.2 Å². The van der Waals surface area contributed by atoms with Gasteiger partial charge in [-0.15, -0.1) is 0 Å². The Labute approximate surface area is 173 Å². The summed E-state index contributed by atoms with van der Waals surface area (Å²) in [7, 11) is 0. The highest BCUT2D eigenvalue weighted by atomic mass is 19.1. The number of amides is 1. The van der Waals surface area contributed by atoms with Crippen LogP contribution in [0.15, 0.2) is 59.4 Å². The number of rotatable bonds is 9. The molecule has 1 heterocycles. The zero-order valence-electron chi connectivity index (χ0n) is 17.5. The highest BCUT2D eigenvalue weighted by molar-refractivity contribution is 6.43. The Morgan fingerprint density at radius 2 is 1.97 bits per heavy atom. The van der Waals surface area contributed by atoms with Crippen molar-refractivity contribution in [2.45, 2.75) is 71.3 Å². The quantitative estimate of drug-likeness (QED) is 0.341. The molecule has 0 unspecified atom stereocenters. The van der Waals surface area contributed by atoms with Gasteiger partial charge in [-0.1, -0.05) is 57.4 Å². The third-order valence-corrected chi connectivity index (χ3v) is 4.81. The Kier molecular flexibility index (Phi) is 10.0. The van der Waals surface area contributed by atoms with Crippen LogP contribution in [0, 0.1) is 5.95 Å². The summed E-state index contributed by atoms with van der Waals surface area (Å²) in [6.45, 7) is 4.09. The van der Waals surface area contributed by atoms with E-state index in [1.54, 1.807) is 12.3 Å². The molecule has 1 amide bonds. The lowest BCUT2D eigenvalue weighted by molar-refractivity contribution is -0.115. The third kappa shape index (κ3) is 8.55. The molecule has 2 rings (SSSR count). The summed E-state index contributed by atoms with van der Waals surface area (Å²) in [6.07, 6.45) is 18.9. The first-order valence-corrected chi connectivity index (χ1v) is 10.6. The van der Waals surface area contributed by atoms with Crippen molar-refractivity contribution in [1.82, 2.24) is 10.3 Å². The number of aliphatic imine (C=N–C) groups is 1. The molecule has 0 saturated heterocycles. The number of nitrogens with zero attached hydrogens (tertiary/aromatic N) is 2. The molecule has 1 saturated carbocycles. The molecule has 0 atom stereocenters. The molecule has 4 nitrogen and oxygen atoms in total. The van der Waals surface area contributed by atoms with Crippen LogP contribution >= 0.6 is 0 Å². The van der Waals surface area contributed by atoms with Crippen molar-refractivity contribution in [3.8, 4) is 0 Å². The SMILES string of the molecule is CC/C=C/N=C(\C=C(/C=C/CC)Cc1ccc(F)nc1)C(=O)NC1CCCCC1. The number of carbonyl (C=O) groups excluding carboxylic acids is 1. The molecule has 1 aromatic heterocycles. The first-order chi connectivity index (χ1) is 14.1. The molecule has 5 heteroatoms. The van der Waals surface area contributed by atoms with Gasteiger partial charge < -0.3 is 5.32 Å². The lowest BCUT2D eigenvalue weighted by atomic mass is 9.95. The van der Waals surface area contributed by atoms with E-state index in [1.165, 1.54) is 18.7 Å². The summed E-state index contributed by atoms with van der Waals surface area (Å²) in [5.41, 5.74) is 2.21. The molecule has 1 fully saturated rings. The van der Waals surface area contributed by atoms with Crippen LogP contribution in [0.25, 0.3) is 0 Å². The van der Waals surface area contributed by atoms with E-state index in [1.807, 2.05) is 31.2 Å². The molecule has 1 aromatic rings. The van der Waals surface area contributed by atoms with Gasteiger partial charge in [-0.05, 0) is 55.4 Å². The minimum atomic E-state index is -0.498. The van der Waals surface area contributed by atoms with E-state index in [0.717, 1.165) is 49.7 Å². The fraction of sp³-hybridized carbons (Fsp3) is 0.458. The highest BCUT2D eigenvalue weighted by Crippen LogP contribution is 2.17. The maximum Gasteiger partial charge on any atom is 0.270 e. The van der Waals surface area contributed by atoms with Crippen molar-refractivity contribution < 1.29 is 9.18 Å². The van der Waals surface area contributed by atoms with Crippen molar-refractivity contribution in [2.75, 3.05) is 0 Å². The number of pyridine rings is 1. The molecule has 0 spiro atoms. The van der Waals surface area contributed by atoms with Crippen LogP contribution in [0.2, 0.25) is 0 Å². The van der Waals surface area contributed by atoms with Crippen LogP contribution in [0.5, 0.6) is 0 Å². The minimum Gasteiger partial charge on any atom is -0.348 e. The fourth-order valence-corrected chi connectivity index (χ4v) is 3.26. The second kappa shape index (κ2) is 12.8. The van der Waals surface area contributed by atoms with Gasteiger partial charge in [0.25, 0.3) is 5.91 Å². The number of carbonyl (C=O) groups is 1. The van der Waals surface area contributed by atoms with Crippen molar-refractivity contribution >= 4 is 11.6 Å². The Bertz CT molecular complexity index is 757. The van der Waals surface area contributed by atoms with Crippen LogP contribution in [-0.4, -0.2) is 22.6 Å². The third-order valence-electron chi connectivity index (χ3n) is 4.81. The number of hydrogen-bond acceptors (Lipinski definition) is 3. The molecule has 29 heavy (non-hydrogen) atoms. The molecule has 0 bridgehead atoms. The molecule has 0 aliphatic heterocycles. The fourth-order valence-electron chi connectivity index (χ4n) is 3.26. The first-order valence-electron chi connectivity index (χ1n) is 10.6. The summed E-state index contributed by atoms with van der Waals surface area (Å²) >= 11 is 0. The largest absolute Gasteiger partial charge is 0.348 e. The lowest BCUT2D eigenvalue weighted by Gasteiger charge is -2.22. The Morgan fingerprint density at radius 3 is 2.62 bits per heavy atom.